The number of rotatable bonds is 2. The molecule has 1 aliphatic rings. The van der Waals surface area contributed by atoms with Crippen LogP contribution in [0.1, 0.15) is 29.9 Å². The topological polar surface area (TPSA) is 38.9 Å². The van der Waals surface area contributed by atoms with E-state index in [0.717, 1.165) is 17.3 Å². The van der Waals surface area contributed by atoms with Gasteiger partial charge in [0.15, 0.2) is 0 Å². The van der Waals surface area contributed by atoms with Gasteiger partial charge in [-0.15, -0.1) is 0 Å². The molecule has 0 saturated heterocycles. The van der Waals surface area contributed by atoms with Gasteiger partial charge in [0.2, 0.25) is 0 Å². The molecule has 4 rings (SSSR count). The molecule has 0 aliphatic heterocycles. The summed E-state index contributed by atoms with van der Waals surface area (Å²) in [6.45, 7) is 2.04. The minimum Gasteiger partial charge on any atom is -0.399 e. The monoisotopic (exact) mass is 302 g/mol. The number of hydrogen-bond donors (Lipinski definition) is 1. The normalized spacial score (nSPS) is 13.1. The lowest BCUT2D eigenvalue weighted by Gasteiger charge is -2.02. The number of nitrogens with zero attached hydrogens (tertiary/aromatic N) is 1. The minimum absolute atomic E-state index is 0.801. The Hall–Kier alpha value is -2.61. The van der Waals surface area contributed by atoms with Gasteiger partial charge in [-0.2, -0.15) is 0 Å². The Morgan fingerprint density at radius 1 is 0.913 bits per heavy atom. The first-order chi connectivity index (χ1) is 11.2. The third kappa shape index (κ3) is 4.43. The summed E-state index contributed by atoms with van der Waals surface area (Å²) in [6.07, 6.45) is 4.62. The van der Waals surface area contributed by atoms with Gasteiger partial charge in [-0.1, -0.05) is 48.0 Å². The van der Waals surface area contributed by atoms with E-state index in [4.69, 9.17) is 5.73 Å². The number of nitrogen functional groups attached to an aromatic ring is 1. The lowest BCUT2D eigenvalue weighted by molar-refractivity contribution is 1.11. The number of aryl methyl sites for hydroxylation is 1. The fraction of sp³-hybridized carbons (Fsp3) is 0.190. The Labute approximate surface area is 138 Å². The van der Waals surface area contributed by atoms with E-state index < -0.39 is 0 Å². The molecule has 0 unspecified atom stereocenters. The van der Waals surface area contributed by atoms with E-state index in [1.807, 2.05) is 43.5 Å². The molecular formula is C21H22N2. The molecule has 1 fully saturated rings. The van der Waals surface area contributed by atoms with E-state index in [-0.39, 0.29) is 0 Å². The van der Waals surface area contributed by atoms with Crippen molar-refractivity contribution in [2.75, 3.05) is 5.73 Å². The van der Waals surface area contributed by atoms with Crippen LogP contribution in [0.25, 0.3) is 11.3 Å². The van der Waals surface area contributed by atoms with Gasteiger partial charge in [0.25, 0.3) is 0 Å². The molecule has 1 aromatic heterocycles. The maximum atomic E-state index is 5.43. The summed E-state index contributed by atoms with van der Waals surface area (Å²) in [7, 11) is 0. The van der Waals surface area contributed by atoms with Gasteiger partial charge in [0, 0.05) is 17.4 Å². The first-order valence-corrected chi connectivity index (χ1v) is 8.06. The molecule has 2 heteroatoms. The van der Waals surface area contributed by atoms with Crippen molar-refractivity contribution in [3.05, 3.63) is 84.1 Å². The van der Waals surface area contributed by atoms with Gasteiger partial charge in [-0.25, -0.2) is 0 Å². The molecule has 0 spiro atoms. The van der Waals surface area contributed by atoms with E-state index in [9.17, 15) is 0 Å². The van der Waals surface area contributed by atoms with Crippen LogP contribution in [0.5, 0.6) is 0 Å². The van der Waals surface area contributed by atoms with Crippen molar-refractivity contribution in [1.29, 1.82) is 0 Å². The first kappa shape index (κ1) is 15.3. The minimum atomic E-state index is 0.801. The second-order valence-corrected chi connectivity index (χ2v) is 6.03. The number of benzene rings is 2. The second kappa shape index (κ2) is 7.10. The number of anilines is 1. The van der Waals surface area contributed by atoms with E-state index in [2.05, 4.69) is 41.4 Å². The van der Waals surface area contributed by atoms with E-state index in [1.54, 1.807) is 0 Å². The zero-order valence-electron chi connectivity index (χ0n) is 13.4. The first-order valence-electron chi connectivity index (χ1n) is 8.06. The highest BCUT2D eigenvalue weighted by Crippen LogP contribution is 2.40. The Morgan fingerprint density at radius 2 is 1.61 bits per heavy atom. The van der Waals surface area contributed by atoms with E-state index >= 15 is 0 Å². The molecular weight excluding hydrogens is 280 g/mol. The fourth-order valence-electron chi connectivity index (χ4n) is 2.45. The lowest BCUT2D eigenvalue weighted by Crippen LogP contribution is -1.86. The molecule has 3 aromatic rings. The summed E-state index contributed by atoms with van der Waals surface area (Å²) in [5, 5.41) is 0. The second-order valence-electron chi connectivity index (χ2n) is 6.03. The number of hydrogen-bond acceptors (Lipinski definition) is 2. The van der Waals surface area contributed by atoms with Crippen molar-refractivity contribution in [2.24, 2.45) is 0 Å². The maximum absolute atomic E-state index is 5.43. The highest BCUT2D eigenvalue weighted by molar-refractivity contribution is 5.59. The molecule has 0 amide bonds. The van der Waals surface area contributed by atoms with Crippen LogP contribution >= 0.6 is 0 Å². The standard InChI is InChI=1S/C14H13N.C7H9N/c1-2-4-12(5-3-1)14-10-13(8-9-15-14)11-6-7-11;1-6-2-4-7(8)5-3-6/h1-5,8-11H,6-7H2;2-5H,8H2,1H3. The van der Waals surface area contributed by atoms with Crippen molar-refractivity contribution < 1.29 is 0 Å². The molecule has 2 aromatic carbocycles. The van der Waals surface area contributed by atoms with Crippen LogP contribution in [0.2, 0.25) is 0 Å². The van der Waals surface area contributed by atoms with Gasteiger partial charge in [-0.05, 0) is 55.5 Å². The molecule has 116 valence electrons. The van der Waals surface area contributed by atoms with E-state index in [0.29, 0.717) is 0 Å². The smallest absolute Gasteiger partial charge is 0.0704 e. The zero-order chi connectivity index (χ0) is 16.1. The Kier molecular flexibility index (Phi) is 4.72. The van der Waals surface area contributed by atoms with Crippen LogP contribution < -0.4 is 5.73 Å². The summed E-state index contributed by atoms with van der Waals surface area (Å²) in [5.74, 6) is 0.801. The predicted molar refractivity (Wildman–Crippen MR) is 97.2 cm³/mol. The SMILES string of the molecule is Cc1ccc(N)cc1.c1ccc(-c2cc(C3CC3)ccn2)cc1. The third-order valence-corrected chi connectivity index (χ3v) is 3.98. The fourth-order valence-corrected chi connectivity index (χ4v) is 2.45. The van der Waals surface area contributed by atoms with Gasteiger partial charge in [-0.3, -0.25) is 4.98 Å². The number of aromatic nitrogens is 1. The molecule has 23 heavy (non-hydrogen) atoms. The summed E-state index contributed by atoms with van der Waals surface area (Å²) in [6, 6.07) is 22.5. The van der Waals surface area contributed by atoms with Crippen LogP contribution in [0.4, 0.5) is 5.69 Å². The highest BCUT2D eigenvalue weighted by Gasteiger charge is 2.23. The third-order valence-electron chi connectivity index (χ3n) is 3.98. The van der Waals surface area contributed by atoms with Crippen molar-refractivity contribution >= 4 is 5.69 Å². The maximum Gasteiger partial charge on any atom is 0.0704 e. The molecule has 1 aliphatic carbocycles. The van der Waals surface area contributed by atoms with Crippen molar-refractivity contribution in [1.82, 2.24) is 4.98 Å². The molecule has 0 atom stereocenters. The predicted octanol–water partition coefficient (Wildman–Crippen LogP) is 5.20. The summed E-state index contributed by atoms with van der Waals surface area (Å²) >= 11 is 0. The van der Waals surface area contributed by atoms with Crippen LogP contribution in [-0.4, -0.2) is 4.98 Å². The average Bonchev–Trinajstić information content (AvgIpc) is 3.44. The molecule has 1 saturated carbocycles. The Morgan fingerprint density at radius 3 is 2.22 bits per heavy atom. The van der Waals surface area contributed by atoms with Crippen LogP contribution in [-0.2, 0) is 0 Å². The lowest BCUT2D eigenvalue weighted by atomic mass is 10.1. The number of pyridine rings is 1. The molecule has 1 heterocycles. The molecule has 2 N–H and O–H groups in total. The van der Waals surface area contributed by atoms with Gasteiger partial charge >= 0.3 is 0 Å². The van der Waals surface area contributed by atoms with Gasteiger partial charge < -0.3 is 5.73 Å². The number of nitrogens with two attached hydrogens (primary N) is 1. The Bertz CT molecular complexity index is 723. The highest BCUT2D eigenvalue weighted by atomic mass is 14.7. The summed E-state index contributed by atoms with van der Waals surface area (Å²) < 4.78 is 0. The van der Waals surface area contributed by atoms with Crippen molar-refractivity contribution in [3.8, 4) is 11.3 Å². The average molecular weight is 302 g/mol. The zero-order valence-corrected chi connectivity index (χ0v) is 13.4. The van der Waals surface area contributed by atoms with E-state index in [1.165, 1.54) is 29.5 Å². The molecule has 0 bridgehead atoms. The van der Waals surface area contributed by atoms with Crippen LogP contribution in [0, 0.1) is 6.92 Å². The van der Waals surface area contributed by atoms with Crippen LogP contribution in [0.15, 0.2) is 72.9 Å². The van der Waals surface area contributed by atoms with Crippen LogP contribution in [0.3, 0.4) is 0 Å². The molecule has 0 radical (unpaired) electrons. The van der Waals surface area contributed by atoms with Crippen molar-refractivity contribution in [2.45, 2.75) is 25.7 Å². The van der Waals surface area contributed by atoms with Gasteiger partial charge in [0.05, 0.1) is 5.69 Å². The molecule has 2 nitrogen and oxygen atoms in total. The quantitative estimate of drug-likeness (QED) is 0.660. The summed E-state index contributed by atoms with van der Waals surface area (Å²) in [4.78, 5) is 4.42. The Balaban J connectivity index is 0.000000166. The van der Waals surface area contributed by atoms with Gasteiger partial charge in [0.1, 0.15) is 0 Å². The largest absolute Gasteiger partial charge is 0.399 e. The van der Waals surface area contributed by atoms with Crippen molar-refractivity contribution in [3.63, 3.8) is 0 Å². The summed E-state index contributed by atoms with van der Waals surface area (Å²) in [5.41, 5.74) is 11.3.